The Kier molecular flexibility index (Phi) is 6.01. The fourth-order valence-corrected chi connectivity index (χ4v) is 4.66. The first kappa shape index (κ1) is 19.4. The highest BCUT2D eigenvalue weighted by Crippen LogP contribution is 2.33. The zero-order valence-electron chi connectivity index (χ0n) is 17.1. The number of benzene rings is 1. The summed E-state index contributed by atoms with van der Waals surface area (Å²) < 4.78 is 2.02. The molecule has 148 valence electrons. The van der Waals surface area contributed by atoms with E-state index in [4.69, 9.17) is 21.7 Å². The smallest absolute Gasteiger partial charge is 0.163 e. The molecule has 28 heavy (non-hydrogen) atoms. The van der Waals surface area contributed by atoms with Gasteiger partial charge in [-0.1, -0.05) is 44.2 Å². The van der Waals surface area contributed by atoms with Gasteiger partial charge in [-0.05, 0) is 80.8 Å². The molecule has 2 aromatic heterocycles. The molecule has 1 aliphatic carbocycles. The van der Waals surface area contributed by atoms with E-state index in [0.29, 0.717) is 0 Å². The van der Waals surface area contributed by atoms with Crippen LogP contribution in [0, 0.1) is 6.92 Å². The summed E-state index contributed by atoms with van der Waals surface area (Å²) in [6.07, 6.45) is 12.4. The Balaban J connectivity index is 1.84. The maximum atomic E-state index is 6.10. The van der Waals surface area contributed by atoms with Crippen LogP contribution in [0.2, 0.25) is 5.02 Å². The van der Waals surface area contributed by atoms with Crippen LogP contribution in [-0.2, 0) is 19.3 Å². The zero-order chi connectivity index (χ0) is 19.5. The maximum absolute atomic E-state index is 6.10. The van der Waals surface area contributed by atoms with Crippen LogP contribution in [0.3, 0.4) is 0 Å². The third-order valence-corrected chi connectivity index (χ3v) is 6.24. The molecule has 0 bridgehead atoms. The van der Waals surface area contributed by atoms with Crippen LogP contribution in [0.15, 0.2) is 24.3 Å². The first-order chi connectivity index (χ1) is 13.7. The minimum absolute atomic E-state index is 0.746. The third kappa shape index (κ3) is 3.82. The van der Waals surface area contributed by atoms with Gasteiger partial charge in [-0.25, -0.2) is 9.67 Å². The minimum Gasteiger partial charge on any atom is -0.233 e. The van der Waals surface area contributed by atoms with Crippen LogP contribution < -0.4 is 0 Å². The number of fused-ring (bicyclic) bond motifs is 3. The second-order valence-corrected chi connectivity index (χ2v) is 8.50. The van der Waals surface area contributed by atoms with Gasteiger partial charge in [0, 0.05) is 16.1 Å². The van der Waals surface area contributed by atoms with Gasteiger partial charge in [0.25, 0.3) is 0 Å². The molecule has 0 saturated carbocycles. The van der Waals surface area contributed by atoms with Gasteiger partial charge in [0.05, 0.1) is 11.4 Å². The van der Waals surface area contributed by atoms with E-state index in [9.17, 15) is 0 Å². The van der Waals surface area contributed by atoms with Gasteiger partial charge in [-0.15, -0.1) is 0 Å². The molecule has 0 atom stereocenters. The van der Waals surface area contributed by atoms with E-state index in [1.165, 1.54) is 73.6 Å². The van der Waals surface area contributed by atoms with Crippen LogP contribution in [0.5, 0.6) is 0 Å². The van der Waals surface area contributed by atoms with Crippen molar-refractivity contribution in [1.82, 2.24) is 14.8 Å². The second kappa shape index (κ2) is 8.65. The van der Waals surface area contributed by atoms with Gasteiger partial charge in [0.15, 0.2) is 5.65 Å². The summed E-state index contributed by atoms with van der Waals surface area (Å²) in [7, 11) is 0. The number of unbranched alkanes of at least 4 members (excludes halogenated alkanes) is 3. The first-order valence-corrected chi connectivity index (χ1v) is 11.2. The Hall–Kier alpha value is -1.87. The van der Waals surface area contributed by atoms with E-state index >= 15 is 0 Å². The topological polar surface area (TPSA) is 30.7 Å². The number of hydrogen-bond acceptors (Lipinski definition) is 2. The molecule has 3 nitrogen and oxygen atoms in total. The zero-order valence-corrected chi connectivity index (χ0v) is 17.9. The van der Waals surface area contributed by atoms with Crippen molar-refractivity contribution < 1.29 is 0 Å². The number of rotatable bonds is 6. The Morgan fingerprint density at radius 3 is 2.46 bits per heavy atom. The molecule has 1 aliphatic rings. The van der Waals surface area contributed by atoms with Crippen molar-refractivity contribution in [3.63, 3.8) is 0 Å². The molecule has 0 saturated heterocycles. The molecule has 4 heteroatoms. The lowest BCUT2D eigenvalue weighted by molar-refractivity contribution is 0.655. The van der Waals surface area contributed by atoms with Crippen LogP contribution >= 0.6 is 11.6 Å². The van der Waals surface area contributed by atoms with E-state index < -0.39 is 0 Å². The van der Waals surface area contributed by atoms with Crippen LogP contribution in [-0.4, -0.2) is 14.8 Å². The summed E-state index contributed by atoms with van der Waals surface area (Å²) in [6.45, 7) is 4.40. The summed E-state index contributed by atoms with van der Waals surface area (Å²) in [6, 6.07) is 7.91. The van der Waals surface area contributed by atoms with Crippen molar-refractivity contribution in [2.75, 3.05) is 0 Å². The van der Waals surface area contributed by atoms with Crippen molar-refractivity contribution in [3.05, 3.63) is 51.8 Å². The summed E-state index contributed by atoms with van der Waals surface area (Å²) in [5.41, 5.74) is 7.50. The summed E-state index contributed by atoms with van der Waals surface area (Å²) >= 11 is 6.10. The molecule has 0 aliphatic heterocycles. The molecular weight excluding hydrogens is 366 g/mol. The summed E-state index contributed by atoms with van der Waals surface area (Å²) in [5, 5.41) is 6.92. The Bertz CT molecular complexity index is 956. The molecule has 4 rings (SSSR count). The Labute approximate surface area is 173 Å². The van der Waals surface area contributed by atoms with E-state index in [1.807, 2.05) is 28.9 Å². The highest BCUT2D eigenvalue weighted by molar-refractivity contribution is 6.30. The molecule has 3 aromatic rings. The average Bonchev–Trinajstić information content (AvgIpc) is 2.87. The SMILES string of the molecule is CCCCCCc1nc2c(c(C)nn2-c2ccc(Cl)cc2)c2c1CCCCC2. The van der Waals surface area contributed by atoms with Gasteiger partial charge in [0.2, 0.25) is 0 Å². The predicted octanol–water partition coefficient (Wildman–Crippen LogP) is 6.77. The number of hydrogen-bond donors (Lipinski definition) is 0. The first-order valence-electron chi connectivity index (χ1n) is 10.8. The fourth-order valence-electron chi connectivity index (χ4n) is 4.53. The maximum Gasteiger partial charge on any atom is 0.163 e. The molecule has 0 unspecified atom stereocenters. The normalized spacial score (nSPS) is 14.2. The standard InChI is InChI=1S/C24H30ClN3/c1-3-4-5-9-12-22-20-10-7-6-8-11-21(20)23-17(2)27-28(24(23)26-22)19-15-13-18(25)14-16-19/h13-16H,3-12H2,1-2H3. The lowest BCUT2D eigenvalue weighted by Crippen LogP contribution is -2.06. The summed E-state index contributed by atoms with van der Waals surface area (Å²) in [5.74, 6) is 0. The molecule has 0 radical (unpaired) electrons. The lowest BCUT2D eigenvalue weighted by atomic mass is 9.95. The van der Waals surface area contributed by atoms with Gasteiger partial charge in [-0.3, -0.25) is 0 Å². The van der Waals surface area contributed by atoms with Gasteiger partial charge >= 0.3 is 0 Å². The molecule has 2 heterocycles. The third-order valence-electron chi connectivity index (χ3n) is 5.98. The number of halogens is 1. The number of pyridine rings is 1. The largest absolute Gasteiger partial charge is 0.233 e. The van der Waals surface area contributed by atoms with E-state index in [0.717, 1.165) is 34.9 Å². The Morgan fingerprint density at radius 1 is 0.964 bits per heavy atom. The summed E-state index contributed by atoms with van der Waals surface area (Å²) in [4.78, 5) is 5.21. The van der Waals surface area contributed by atoms with Crippen molar-refractivity contribution >= 4 is 22.6 Å². The van der Waals surface area contributed by atoms with Crippen LogP contribution in [0.25, 0.3) is 16.7 Å². The second-order valence-electron chi connectivity index (χ2n) is 8.06. The van der Waals surface area contributed by atoms with Crippen molar-refractivity contribution in [2.24, 2.45) is 0 Å². The van der Waals surface area contributed by atoms with E-state index in [1.54, 1.807) is 0 Å². The molecule has 0 N–H and O–H groups in total. The Morgan fingerprint density at radius 2 is 1.71 bits per heavy atom. The van der Waals surface area contributed by atoms with Gasteiger partial charge in [-0.2, -0.15) is 5.10 Å². The fraction of sp³-hybridized carbons (Fsp3) is 0.500. The molecule has 0 spiro atoms. The van der Waals surface area contributed by atoms with Gasteiger partial charge < -0.3 is 0 Å². The molecular formula is C24H30ClN3. The average molecular weight is 396 g/mol. The van der Waals surface area contributed by atoms with Crippen molar-refractivity contribution in [3.8, 4) is 5.69 Å². The van der Waals surface area contributed by atoms with Crippen LogP contribution in [0.1, 0.15) is 74.4 Å². The number of aryl methyl sites for hydroxylation is 3. The number of aromatic nitrogens is 3. The van der Waals surface area contributed by atoms with Gasteiger partial charge in [0.1, 0.15) is 0 Å². The number of nitrogens with zero attached hydrogens (tertiary/aromatic N) is 3. The predicted molar refractivity (Wildman–Crippen MR) is 118 cm³/mol. The van der Waals surface area contributed by atoms with Crippen molar-refractivity contribution in [2.45, 2.75) is 78.1 Å². The molecule has 1 aromatic carbocycles. The highest BCUT2D eigenvalue weighted by atomic mass is 35.5. The molecule has 0 amide bonds. The quantitative estimate of drug-likeness (QED) is 0.340. The van der Waals surface area contributed by atoms with E-state index in [-0.39, 0.29) is 0 Å². The van der Waals surface area contributed by atoms with Crippen LogP contribution in [0.4, 0.5) is 0 Å². The lowest BCUT2D eigenvalue weighted by Gasteiger charge is -2.14. The van der Waals surface area contributed by atoms with E-state index in [2.05, 4.69) is 13.8 Å². The monoisotopic (exact) mass is 395 g/mol. The minimum atomic E-state index is 0.746. The highest BCUT2D eigenvalue weighted by Gasteiger charge is 2.22. The molecule has 0 fully saturated rings. The van der Waals surface area contributed by atoms with Crippen molar-refractivity contribution in [1.29, 1.82) is 0 Å².